The molecule has 7 heteroatoms. The minimum absolute atomic E-state index is 0.342. The third-order valence-corrected chi connectivity index (χ3v) is 3.80. The van der Waals surface area contributed by atoms with Gasteiger partial charge in [-0.2, -0.15) is 0 Å². The molecule has 0 saturated heterocycles. The standard InChI is InChI=1S/C18H15Cl2N3O2/c19-13-8-14(20)10-16(9-13)23-18(24)21-7-6-15-11-25-17(22-15)12-4-2-1-3-5-12/h1-5,8-11H,6-7H2,(H2,21,23,24). The Kier molecular flexibility index (Phi) is 5.58. The summed E-state index contributed by atoms with van der Waals surface area (Å²) < 4.78 is 5.46. The van der Waals surface area contributed by atoms with E-state index in [9.17, 15) is 4.79 Å². The van der Waals surface area contributed by atoms with Crippen LogP contribution < -0.4 is 10.6 Å². The first-order valence-electron chi connectivity index (χ1n) is 7.61. The topological polar surface area (TPSA) is 67.2 Å². The van der Waals surface area contributed by atoms with Crippen LogP contribution in [0.1, 0.15) is 5.69 Å². The number of oxazole rings is 1. The maximum Gasteiger partial charge on any atom is 0.319 e. The number of nitrogens with zero attached hydrogens (tertiary/aromatic N) is 1. The van der Waals surface area contributed by atoms with Crippen molar-refractivity contribution >= 4 is 34.9 Å². The molecule has 0 aliphatic carbocycles. The fraction of sp³-hybridized carbons (Fsp3) is 0.111. The number of hydrogen-bond donors (Lipinski definition) is 2. The Morgan fingerprint density at radius 1 is 1.08 bits per heavy atom. The molecule has 3 rings (SSSR count). The van der Waals surface area contributed by atoms with E-state index in [4.69, 9.17) is 27.6 Å². The maximum atomic E-state index is 11.9. The van der Waals surface area contributed by atoms with Crippen LogP contribution in [0.15, 0.2) is 59.2 Å². The zero-order valence-corrected chi connectivity index (χ0v) is 14.6. The molecule has 2 aromatic carbocycles. The van der Waals surface area contributed by atoms with E-state index in [2.05, 4.69) is 15.6 Å². The lowest BCUT2D eigenvalue weighted by molar-refractivity contribution is 0.252. The summed E-state index contributed by atoms with van der Waals surface area (Å²) >= 11 is 11.8. The smallest absolute Gasteiger partial charge is 0.319 e. The maximum absolute atomic E-state index is 11.9. The first kappa shape index (κ1) is 17.3. The number of halogens is 2. The molecule has 128 valence electrons. The third kappa shape index (κ3) is 4.98. The molecule has 0 atom stereocenters. The van der Waals surface area contributed by atoms with Crippen molar-refractivity contribution in [2.75, 3.05) is 11.9 Å². The van der Waals surface area contributed by atoms with E-state index in [1.807, 2.05) is 30.3 Å². The Hall–Kier alpha value is -2.50. The molecule has 0 saturated carbocycles. The lowest BCUT2D eigenvalue weighted by Gasteiger charge is -2.07. The highest BCUT2D eigenvalue weighted by Crippen LogP contribution is 2.22. The second-order valence-electron chi connectivity index (χ2n) is 5.30. The Morgan fingerprint density at radius 2 is 1.80 bits per heavy atom. The molecule has 0 unspecified atom stereocenters. The number of amides is 2. The summed E-state index contributed by atoms with van der Waals surface area (Å²) in [6.07, 6.45) is 2.15. The van der Waals surface area contributed by atoms with Gasteiger partial charge in [-0.3, -0.25) is 0 Å². The third-order valence-electron chi connectivity index (χ3n) is 3.36. The van der Waals surface area contributed by atoms with Crippen molar-refractivity contribution < 1.29 is 9.21 Å². The number of urea groups is 1. The van der Waals surface area contributed by atoms with Crippen LogP contribution in [0, 0.1) is 0 Å². The zero-order chi connectivity index (χ0) is 17.6. The average Bonchev–Trinajstić information content (AvgIpc) is 3.03. The first-order valence-corrected chi connectivity index (χ1v) is 8.36. The molecule has 2 N–H and O–H groups in total. The van der Waals surface area contributed by atoms with E-state index in [0.717, 1.165) is 11.3 Å². The van der Waals surface area contributed by atoms with Crippen molar-refractivity contribution in [3.05, 3.63) is 70.5 Å². The molecule has 2 amide bonds. The summed E-state index contributed by atoms with van der Waals surface area (Å²) in [7, 11) is 0. The van der Waals surface area contributed by atoms with Crippen LogP contribution >= 0.6 is 23.2 Å². The van der Waals surface area contributed by atoms with E-state index in [1.54, 1.807) is 24.5 Å². The lowest BCUT2D eigenvalue weighted by atomic mass is 10.2. The Bertz CT molecular complexity index is 846. The number of carbonyl (C=O) groups is 1. The molecule has 3 aromatic rings. The van der Waals surface area contributed by atoms with Gasteiger partial charge in [-0.1, -0.05) is 41.4 Å². The van der Waals surface area contributed by atoms with Crippen LogP contribution in [-0.4, -0.2) is 17.6 Å². The van der Waals surface area contributed by atoms with Gasteiger partial charge in [-0.15, -0.1) is 0 Å². The van der Waals surface area contributed by atoms with Gasteiger partial charge in [-0.25, -0.2) is 9.78 Å². The highest BCUT2D eigenvalue weighted by molar-refractivity contribution is 6.35. The Morgan fingerprint density at radius 3 is 2.52 bits per heavy atom. The van der Waals surface area contributed by atoms with E-state index in [1.165, 1.54) is 0 Å². The molecule has 5 nitrogen and oxygen atoms in total. The largest absolute Gasteiger partial charge is 0.444 e. The number of hydrogen-bond acceptors (Lipinski definition) is 3. The van der Waals surface area contributed by atoms with E-state index in [-0.39, 0.29) is 6.03 Å². The summed E-state index contributed by atoms with van der Waals surface area (Å²) in [5.41, 5.74) is 2.21. The van der Waals surface area contributed by atoms with E-state index < -0.39 is 0 Å². The molecule has 0 spiro atoms. The molecule has 0 aliphatic rings. The summed E-state index contributed by atoms with van der Waals surface area (Å²) in [5, 5.41) is 6.34. The first-order chi connectivity index (χ1) is 12.1. The van der Waals surface area contributed by atoms with Gasteiger partial charge in [-0.05, 0) is 30.3 Å². The van der Waals surface area contributed by atoms with Gasteiger partial charge in [0.05, 0.1) is 5.69 Å². The van der Waals surface area contributed by atoms with Crippen LogP contribution in [0.25, 0.3) is 11.5 Å². The fourth-order valence-corrected chi connectivity index (χ4v) is 2.77. The van der Waals surface area contributed by atoms with Gasteiger partial charge in [0.15, 0.2) is 0 Å². The van der Waals surface area contributed by atoms with Crippen molar-refractivity contribution in [2.45, 2.75) is 6.42 Å². The summed E-state index contributed by atoms with van der Waals surface area (Å²) in [6, 6.07) is 14.1. The summed E-state index contributed by atoms with van der Waals surface area (Å²) in [5.74, 6) is 0.564. The van der Waals surface area contributed by atoms with E-state index in [0.29, 0.717) is 34.6 Å². The Balaban J connectivity index is 1.49. The molecule has 0 aliphatic heterocycles. The molecule has 0 bridgehead atoms. The molecular weight excluding hydrogens is 361 g/mol. The minimum Gasteiger partial charge on any atom is -0.444 e. The van der Waals surface area contributed by atoms with Crippen LogP contribution in [0.4, 0.5) is 10.5 Å². The highest BCUT2D eigenvalue weighted by Gasteiger charge is 2.07. The van der Waals surface area contributed by atoms with Gasteiger partial charge >= 0.3 is 6.03 Å². The minimum atomic E-state index is -0.342. The van der Waals surface area contributed by atoms with Gasteiger partial charge in [0, 0.05) is 34.3 Å². The Labute approximate surface area is 155 Å². The van der Waals surface area contributed by atoms with Gasteiger partial charge in [0.1, 0.15) is 6.26 Å². The van der Waals surface area contributed by atoms with Crippen molar-refractivity contribution in [3.63, 3.8) is 0 Å². The number of nitrogens with one attached hydrogen (secondary N) is 2. The van der Waals surface area contributed by atoms with Crippen LogP contribution in [0.2, 0.25) is 10.0 Å². The zero-order valence-electron chi connectivity index (χ0n) is 13.1. The monoisotopic (exact) mass is 375 g/mol. The molecule has 0 fully saturated rings. The van der Waals surface area contributed by atoms with Gasteiger partial charge in [0.2, 0.25) is 5.89 Å². The van der Waals surface area contributed by atoms with Crippen molar-refractivity contribution in [3.8, 4) is 11.5 Å². The molecule has 25 heavy (non-hydrogen) atoms. The molecule has 1 heterocycles. The van der Waals surface area contributed by atoms with Crippen LogP contribution in [0.5, 0.6) is 0 Å². The molecule has 0 radical (unpaired) electrons. The number of aromatic nitrogens is 1. The van der Waals surface area contributed by atoms with Crippen LogP contribution in [0.3, 0.4) is 0 Å². The van der Waals surface area contributed by atoms with Crippen molar-refractivity contribution in [1.29, 1.82) is 0 Å². The lowest BCUT2D eigenvalue weighted by Crippen LogP contribution is -2.30. The van der Waals surface area contributed by atoms with Crippen molar-refractivity contribution in [1.82, 2.24) is 10.3 Å². The number of benzene rings is 2. The number of carbonyl (C=O) groups excluding carboxylic acids is 1. The van der Waals surface area contributed by atoms with Crippen LogP contribution in [-0.2, 0) is 6.42 Å². The highest BCUT2D eigenvalue weighted by atomic mass is 35.5. The second kappa shape index (κ2) is 8.05. The second-order valence-corrected chi connectivity index (χ2v) is 6.17. The summed E-state index contributed by atoms with van der Waals surface area (Å²) in [6.45, 7) is 0.418. The van der Waals surface area contributed by atoms with Gasteiger partial charge in [0.25, 0.3) is 0 Å². The normalized spacial score (nSPS) is 10.5. The predicted molar refractivity (Wildman–Crippen MR) is 99.1 cm³/mol. The fourth-order valence-electron chi connectivity index (χ4n) is 2.24. The number of rotatable bonds is 5. The molecular formula is C18H15Cl2N3O2. The van der Waals surface area contributed by atoms with E-state index >= 15 is 0 Å². The van der Waals surface area contributed by atoms with Crippen molar-refractivity contribution in [2.24, 2.45) is 0 Å². The predicted octanol–water partition coefficient (Wildman–Crippen LogP) is 5.01. The number of anilines is 1. The summed E-state index contributed by atoms with van der Waals surface area (Å²) in [4.78, 5) is 16.3. The quantitative estimate of drug-likeness (QED) is 0.658. The average molecular weight is 376 g/mol. The molecule has 1 aromatic heterocycles. The SMILES string of the molecule is O=C(NCCc1coc(-c2ccccc2)n1)Nc1cc(Cl)cc(Cl)c1. The van der Waals surface area contributed by atoms with Gasteiger partial charge < -0.3 is 15.1 Å².